The molecule has 1 aliphatic heterocycles. The second kappa shape index (κ2) is 5.36. The van der Waals surface area contributed by atoms with Gasteiger partial charge in [-0.05, 0) is 57.9 Å². The summed E-state index contributed by atoms with van der Waals surface area (Å²) in [5.74, 6) is 0.662. The number of hydrogen-bond acceptors (Lipinski definition) is 2. The molecule has 0 saturated heterocycles. The van der Waals surface area contributed by atoms with Crippen molar-refractivity contribution < 1.29 is 9.53 Å². The summed E-state index contributed by atoms with van der Waals surface area (Å²) >= 11 is 0. The molecule has 3 nitrogen and oxygen atoms in total. The fourth-order valence-corrected chi connectivity index (χ4v) is 3.59. The van der Waals surface area contributed by atoms with Gasteiger partial charge in [0.2, 0.25) is 0 Å². The highest BCUT2D eigenvalue weighted by Gasteiger charge is 2.36. The van der Waals surface area contributed by atoms with Crippen LogP contribution in [0.15, 0.2) is 35.5 Å². The van der Waals surface area contributed by atoms with Crippen molar-refractivity contribution >= 4 is 6.09 Å². The Morgan fingerprint density at radius 3 is 2.95 bits per heavy atom. The number of amides is 1. The lowest BCUT2D eigenvalue weighted by Gasteiger charge is -2.37. The summed E-state index contributed by atoms with van der Waals surface area (Å²) < 4.78 is 5.60. The van der Waals surface area contributed by atoms with Crippen molar-refractivity contribution in [1.29, 1.82) is 0 Å². The van der Waals surface area contributed by atoms with E-state index in [9.17, 15) is 4.79 Å². The summed E-state index contributed by atoms with van der Waals surface area (Å²) in [4.78, 5) is 14.4. The number of carbonyl (C=O) groups is 1. The highest BCUT2D eigenvalue weighted by Crippen LogP contribution is 2.42. The first-order valence-electron chi connectivity index (χ1n) is 8.01. The van der Waals surface area contributed by atoms with Crippen molar-refractivity contribution in [3.05, 3.63) is 35.5 Å². The summed E-state index contributed by atoms with van der Waals surface area (Å²) in [6, 6.07) is 0.168. The topological polar surface area (TPSA) is 29.5 Å². The quantitative estimate of drug-likeness (QED) is 0.667. The molecule has 0 spiro atoms. The first kappa shape index (κ1) is 14.4. The molecule has 114 valence electrons. The number of fused-ring (bicyclic) bond motifs is 2. The minimum absolute atomic E-state index is 0.168. The number of carbonyl (C=O) groups excluding carboxylic acids is 1. The molecule has 1 heterocycles. The standard InChI is InChI=1S/C18H25NO2/c1-18(2,3)21-17(20)19-10-5-4-7-15-11-13-8-6-9-14(13)12-16(15)19/h4-5,7,11,14,16H,6,8-10,12H2,1-3H3. The molecule has 2 atom stereocenters. The smallest absolute Gasteiger partial charge is 0.411 e. The largest absolute Gasteiger partial charge is 0.444 e. The summed E-state index contributed by atoms with van der Waals surface area (Å²) in [5, 5.41) is 0. The van der Waals surface area contributed by atoms with Crippen LogP contribution in [0, 0.1) is 5.92 Å². The Bertz CT molecular complexity index is 522. The monoisotopic (exact) mass is 287 g/mol. The molecule has 1 amide bonds. The molecule has 0 aromatic heterocycles. The Morgan fingerprint density at radius 2 is 2.19 bits per heavy atom. The lowest BCUT2D eigenvalue weighted by molar-refractivity contribution is 0.0202. The molecular formula is C18H25NO2. The van der Waals surface area contributed by atoms with Crippen LogP contribution in [0.5, 0.6) is 0 Å². The van der Waals surface area contributed by atoms with Crippen LogP contribution in [0.1, 0.15) is 46.5 Å². The summed E-state index contributed by atoms with van der Waals surface area (Å²) in [7, 11) is 0. The zero-order valence-corrected chi connectivity index (χ0v) is 13.3. The van der Waals surface area contributed by atoms with Gasteiger partial charge in [0, 0.05) is 6.54 Å². The molecule has 0 N–H and O–H groups in total. The normalized spacial score (nSPS) is 28.2. The summed E-state index contributed by atoms with van der Waals surface area (Å²) in [5.41, 5.74) is 2.40. The third-order valence-corrected chi connectivity index (χ3v) is 4.52. The Kier molecular flexibility index (Phi) is 3.68. The molecule has 3 rings (SSSR count). The predicted molar refractivity (Wildman–Crippen MR) is 84.0 cm³/mol. The van der Waals surface area contributed by atoms with Gasteiger partial charge >= 0.3 is 6.09 Å². The van der Waals surface area contributed by atoms with E-state index in [1.165, 1.54) is 24.8 Å². The van der Waals surface area contributed by atoms with Crippen LogP contribution in [-0.2, 0) is 4.74 Å². The molecule has 0 radical (unpaired) electrons. The van der Waals surface area contributed by atoms with Gasteiger partial charge in [-0.3, -0.25) is 4.90 Å². The van der Waals surface area contributed by atoms with Crippen LogP contribution in [0.3, 0.4) is 0 Å². The van der Waals surface area contributed by atoms with Gasteiger partial charge < -0.3 is 4.74 Å². The molecular weight excluding hydrogens is 262 g/mol. The second-order valence-corrected chi connectivity index (χ2v) is 7.29. The van der Waals surface area contributed by atoms with Crippen LogP contribution < -0.4 is 0 Å². The van der Waals surface area contributed by atoms with Gasteiger partial charge in [0.15, 0.2) is 0 Å². The number of ether oxygens (including phenoxy) is 1. The summed E-state index contributed by atoms with van der Waals surface area (Å²) in [6.45, 7) is 6.40. The lowest BCUT2D eigenvalue weighted by Crippen LogP contribution is -2.45. The Morgan fingerprint density at radius 1 is 1.38 bits per heavy atom. The van der Waals surface area contributed by atoms with Crippen molar-refractivity contribution in [2.45, 2.75) is 58.1 Å². The van der Waals surface area contributed by atoms with E-state index in [0.29, 0.717) is 12.5 Å². The van der Waals surface area contributed by atoms with E-state index in [4.69, 9.17) is 4.74 Å². The van der Waals surface area contributed by atoms with Gasteiger partial charge in [-0.1, -0.05) is 29.9 Å². The Hall–Kier alpha value is -1.51. The van der Waals surface area contributed by atoms with Gasteiger partial charge in [-0.25, -0.2) is 4.79 Å². The maximum Gasteiger partial charge on any atom is 0.411 e. The fraction of sp³-hybridized carbons (Fsp3) is 0.611. The van der Waals surface area contributed by atoms with E-state index in [-0.39, 0.29) is 12.1 Å². The minimum Gasteiger partial charge on any atom is -0.444 e. The number of nitrogens with zero attached hydrogens (tertiary/aromatic N) is 1. The summed E-state index contributed by atoms with van der Waals surface area (Å²) in [6.07, 6.45) is 13.3. The molecule has 1 fully saturated rings. The minimum atomic E-state index is -0.444. The molecule has 3 aliphatic rings. The molecule has 1 saturated carbocycles. The van der Waals surface area contributed by atoms with Crippen LogP contribution in [0.25, 0.3) is 0 Å². The lowest BCUT2D eigenvalue weighted by atomic mass is 9.83. The molecule has 0 aromatic carbocycles. The van der Waals surface area contributed by atoms with E-state index in [1.807, 2.05) is 31.7 Å². The van der Waals surface area contributed by atoms with Gasteiger partial charge in [0.1, 0.15) is 5.60 Å². The number of hydrogen-bond donors (Lipinski definition) is 0. The molecule has 0 bridgehead atoms. The number of allylic oxidation sites excluding steroid dienone is 3. The average molecular weight is 287 g/mol. The van der Waals surface area contributed by atoms with Crippen molar-refractivity contribution in [2.24, 2.45) is 5.92 Å². The van der Waals surface area contributed by atoms with Crippen LogP contribution in [-0.4, -0.2) is 29.2 Å². The third kappa shape index (κ3) is 3.07. The predicted octanol–water partition coefficient (Wildman–Crippen LogP) is 4.22. The van der Waals surface area contributed by atoms with Crippen LogP contribution >= 0.6 is 0 Å². The molecule has 2 aliphatic carbocycles. The second-order valence-electron chi connectivity index (χ2n) is 7.29. The maximum atomic E-state index is 12.5. The Labute approximate surface area is 127 Å². The highest BCUT2D eigenvalue weighted by molar-refractivity contribution is 5.70. The molecule has 21 heavy (non-hydrogen) atoms. The first-order chi connectivity index (χ1) is 9.94. The molecule has 3 heteroatoms. The van der Waals surface area contributed by atoms with E-state index < -0.39 is 5.60 Å². The van der Waals surface area contributed by atoms with Crippen LogP contribution in [0.2, 0.25) is 0 Å². The number of rotatable bonds is 0. The third-order valence-electron chi connectivity index (χ3n) is 4.52. The van der Waals surface area contributed by atoms with Crippen molar-refractivity contribution in [1.82, 2.24) is 4.90 Å². The van der Waals surface area contributed by atoms with Crippen LogP contribution in [0.4, 0.5) is 4.79 Å². The molecule has 2 unspecified atom stereocenters. The average Bonchev–Trinajstić information content (AvgIpc) is 2.72. The fourth-order valence-electron chi connectivity index (χ4n) is 3.59. The highest BCUT2D eigenvalue weighted by atomic mass is 16.6. The Balaban J connectivity index is 1.84. The zero-order valence-electron chi connectivity index (χ0n) is 13.3. The van der Waals surface area contributed by atoms with Gasteiger partial charge in [0.05, 0.1) is 6.04 Å². The van der Waals surface area contributed by atoms with Gasteiger partial charge in [0.25, 0.3) is 0 Å². The van der Waals surface area contributed by atoms with Crippen molar-refractivity contribution in [3.63, 3.8) is 0 Å². The van der Waals surface area contributed by atoms with Gasteiger partial charge in [-0.15, -0.1) is 0 Å². The van der Waals surface area contributed by atoms with E-state index in [0.717, 1.165) is 6.42 Å². The van der Waals surface area contributed by atoms with Crippen molar-refractivity contribution in [3.8, 4) is 0 Å². The van der Waals surface area contributed by atoms with E-state index >= 15 is 0 Å². The van der Waals surface area contributed by atoms with E-state index in [1.54, 1.807) is 5.57 Å². The first-order valence-corrected chi connectivity index (χ1v) is 8.01. The van der Waals surface area contributed by atoms with Gasteiger partial charge in [-0.2, -0.15) is 0 Å². The maximum absolute atomic E-state index is 12.5. The van der Waals surface area contributed by atoms with E-state index in [2.05, 4.69) is 18.2 Å². The van der Waals surface area contributed by atoms with Crippen molar-refractivity contribution in [2.75, 3.05) is 6.54 Å². The SMILES string of the molecule is CC(C)(C)OC(=O)N1CC=CC=C2C=C3CCCC3CC21. The zero-order chi connectivity index (χ0) is 15.0. The molecule has 0 aromatic rings.